The van der Waals surface area contributed by atoms with Crippen LogP contribution in [-0.2, 0) is 4.79 Å². The normalized spacial score (nSPS) is 18.2. The maximum Gasteiger partial charge on any atom is 0.244 e. The van der Waals surface area contributed by atoms with E-state index in [0.717, 1.165) is 19.4 Å². The zero-order chi connectivity index (χ0) is 14.0. The highest BCUT2D eigenvalue weighted by Crippen LogP contribution is 2.28. The predicted molar refractivity (Wildman–Crippen MR) is 72.4 cm³/mol. The van der Waals surface area contributed by atoms with Gasteiger partial charge in [0.15, 0.2) is 0 Å². The molecule has 1 aliphatic rings. The van der Waals surface area contributed by atoms with Gasteiger partial charge in [0.05, 0.1) is 17.4 Å². The average Bonchev–Trinajstić information content (AvgIpc) is 2.86. The molecule has 0 spiro atoms. The molecule has 0 aliphatic carbocycles. The van der Waals surface area contributed by atoms with Gasteiger partial charge in [-0.15, -0.1) is 0 Å². The second-order valence-electron chi connectivity index (χ2n) is 4.84. The molecule has 1 amide bonds. The van der Waals surface area contributed by atoms with Crippen molar-refractivity contribution in [1.82, 2.24) is 9.88 Å². The van der Waals surface area contributed by atoms with Crippen LogP contribution in [0.25, 0.3) is 0 Å². The van der Waals surface area contributed by atoms with Gasteiger partial charge in [-0.1, -0.05) is 0 Å². The molecule has 1 saturated heterocycles. The van der Waals surface area contributed by atoms with E-state index in [4.69, 9.17) is 11.0 Å². The van der Waals surface area contributed by atoms with E-state index in [1.165, 1.54) is 6.20 Å². The number of anilines is 2. The fourth-order valence-electron chi connectivity index (χ4n) is 2.36. The summed E-state index contributed by atoms with van der Waals surface area (Å²) in [6.07, 6.45) is 3.22. The van der Waals surface area contributed by atoms with E-state index < -0.39 is 0 Å². The third-order valence-electron chi connectivity index (χ3n) is 3.26. The zero-order valence-electron chi connectivity index (χ0n) is 11.1. The van der Waals surface area contributed by atoms with Crippen molar-refractivity contribution in [3.8, 4) is 6.07 Å². The number of pyridine rings is 1. The van der Waals surface area contributed by atoms with Crippen LogP contribution in [0.1, 0.15) is 18.4 Å². The summed E-state index contributed by atoms with van der Waals surface area (Å²) in [5.74, 6) is 0.592. The van der Waals surface area contributed by atoms with Gasteiger partial charge in [-0.05, 0) is 18.9 Å². The summed E-state index contributed by atoms with van der Waals surface area (Å²) in [5, 5.41) is 9.17. The monoisotopic (exact) mass is 259 g/mol. The maximum absolute atomic E-state index is 12.1. The number of nitrogen functional groups attached to an aromatic ring is 1. The topological polar surface area (TPSA) is 86.2 Å². The minimum absolute atomic E-state index is 0.0417. The predicted octanol–water partition coefficient (Wildman–Crippen LogP) is 0.592. The first-order chi connectivity index (χ1) is 9.04. The highest BCUT2D eigenvalue weighted by atomic mass is 16.2. The standard InChI is InChI=1S/C13H17N5O/c1-17(2)13(19)11-4-3-5-18(11)12-9(7-14)6-10(15)8-16-12/h6,8,11H,3-5,15H2,1-2H3. The maximum atomic E-state index is 12.1. The molecule has 1 aliphatic heterocycles. The Morgan fingerprint density at radius 2 is 2.37 bits per heavy atom. The lowest BCUT2D eigenvalue weighted by Gasteiger charge is -2.27. The summed E-state index contributed by atoms with van der Waals surface area (Å²) < 4.78 is 0. The molecule has 1 aromatic rings. The highest BCUT2D eigenvalue weighted by Gasteiger charge is 2.33. The second-order valence-corrected chi connectivity index (χ2v) is 4.84. The lowest BCUT2D eigenvalue weighted by atomic mass is 10.2. The molecule has 6 heteroatoms. The van der Waals surface area contributed by atoms with E-state index in [1.54, 1.807) is 25.1 Å². The minimum atomic E-state index is -0.238. The average molecular weight is 259 g/mol. The van der Waals surface area contributed by atoms with Crippen molar-refractivity contribution in [2.45, 2.75) is 18.9 Å². The summed E-state index contributed by atoms with van der Waals surface area (Å²) in [7, 11) is 3.47. The van der Waals surface area contributed by atoms with Gasteiger partial charge in [-0.25, -0.2) is 4.98 Å². The first-order valence-corrected chi connectivity index (χ1v) is 6.18. The lowest BCUT2D eigenvalue weighted by Crippen LogP contribution is -2.43. The number of likely N-dealkylation sites (N-methyl/N-ethyl adjacent to an activating group) is 1. The number of nitrogens with zero attached hydrogens (tertiary/aromatic N) is 4. The van der Waals surface area contributed by atoms with Crippen molar-refractivity contribution in [3.05, 3.63) is 17.8 Å². The molecule has 1 unspecified atom stereocenters. The van der Waals surface area contributed by atoms with E-state index in [0.29, 0.717) is 17.1 Å². The smallest absolute Gasteiger partial charge is 0.244 e. The zero-order valence-corrected chi connectivity index (χ0v) is 11.1. The van der Waals surface area contributed by atoms with Crippen molar-refractivity contribution >= 4 is 17.4 Å². The molecule has 0 saturated carbocycles. The summed E-state index contributed by atoms with van der Waals surface area (Å²) in [5.41, 5.74) is 6.51. The number of aromatic nitrogens is 1. The largest absolute Gasteiger partial charge is 0.397 e. The third-order valence-corrected chi connectivity index (χ3v) is 3.26. The van der Waals surface area contributed by atoms with Gasteiger partial charge in [0.2, 0.25) is 5.91 Å². The molecule has 1 atom stereocenters. The van der Waals surface area contributed by atoms with Crippen LogP contribution in [0.3, 0.4) is 0 Å². The molecular formula is C13H17N5O. The van der Waals surface area contributed by atoms with Crippen LogP contribution in [0.4, 0.5) is 11.5 Å². The van der Waals surface area contributed by atoms with Crippen LogP contribution in [0.5, 0.6) is 0 Å². The molecular weight excluding hydrogens is 242 g/mol. The van der Waals surface area contributed by atoms with Crippen LogP contribution in [0.2, 0.25) is 0 Å². The van der Waals surface area contributed by atoms with Crippen LogP contribution >= 0.6 is 0 Å². The SMILES string of the molecule is CN(C)C(=O)C1CCCN1c1ncc(N)cc1C#N. The van der Waals surface area contributed by atoms with Crippen molar-refractivity contribution in [3.63, 3.8) is 0 Å². The molecule has 0 aromatic carbocycles. The summed E-state index contributed by atoms with van der Waals surface area (Å²) in [4.78, 5) is 19.9. The van der Waals surface area contributed by atoms with Gasteiger partial charge in [-0.2, -0.15) is 5.26 Å². The molecule has 2 heterocycles. The molecule has 100 valence electrons. The van der Waals surface area contributed by atoms with Gasteiger partial charge in [0.1, 0.15) is 17.9 Å². The van der Waals surface area contributed by atoms with Gasteiger partial charge in [0.25, 0.3) is 0 Å². The van der Waals surface area contributed by atoms with E-state index in [2.05, 4.69) is 11.1 Å². The Morgan fingerprint density at radius 3 is 3.00 bits per heavy atom. The van der Waals surface area contributed by atoms with E-state index in [-0.39, 0.29) is 11.9 Å². The molecule has 6 nitrogen and oxygen atoms in total. The van der Waals surface area contributed by atoms with E-state index in [1.807, 2.05) is 4.90 Å². The number of nitriles is 1. The Balaban J connectivity index is 2.36. The number of amides is 1. The molecule has 0 radical (unpaired) electrons. The van der Waals surface area contributed by atoms with Crippen molar-refractivity contribution in [2.75, 3.05) is 31.3 Å². The fraction of sp³-hybridized carbons (Fsp3) is 0.462. The van der Waals surface area contributed by atoms with Crippen LogP contribution in [0.15, 0.2) is 12.3 Å². The van der Waals surface area contributed by atoms with Crippen molar-refractivity contribution < 1.29 is 4.79 Å². The Labute approximate surface area is 112 Å². The Kier molecular flexibility index (Phi) is 3.56. The Morgan fingerprint density at radius 1 is 1.63 bits per heavy atom. The van der Waals surface area contributed by atoms with Gasteiger partial charge < -0.3 is 15.5 Å². The van der Waals surface area contributed by atoms with Crippen LogP contribution < -0.4 is 10.6 Å². The van der Waals surface area contributed by atoms with Crippen molar-refractivity contribution in [2.24, 2.45) is 0 Å². The summed E-state index contributed by atoms with van der Waals surface area (Å²) in [6, 6.07) is 3.45. The summed E-state index contributed by atoms with van der Waals surface area (Å²) >= 11 is 0. The van der Waals surface area contributed by atoms with Crippen LogP contribution in [-0.4, -0.2) is 42.5 Å². The van der Waals surface area contributed by atoms with Gasteiger partial charge in [-0.3, -0.25) is 4.79 Å². The van der Waals surface area contributed by atoms with E-state index >= 15 is 0 Å². The molecule has 2 rings (SSSR count). The van der Waals surface area contributed by atoms with E-state index in [9.17, 15) is 4.79 Å². The molecule has 1 fully saturated rings. The Hall–Kier alpha value is -2.29. The highest BCUT2D eigenvalue weighted by molar-refractivity contribution is 5.85. The fourth-order valence-corrected chi connectivity index (χ4v) is 2.36. The number of hydrogen-bond donors (Lipinski definition) is 1. The summed E-state index contributed by atoms with van der Waals surface area (Å²) in [6.45, 7) is 0.732. The number of carbonyl (C=O) groups excluding carboxylic acids is 1. The number of carbonyl (C=O) groups is 1. The second kappa shape index (κ2) is 5.14. The number of rotatable bonds is 2. The minimum Gasteiger partial charge on any atom is -0.397 e. The molecule has 0 bridgehead atoms. The van der Waals surface area contributed by atoms with Crippen molar-refractivity contribution in [1.29, 1.82) is 5.26 Å². The number of hydrogen-bond acceptors (Lipinski definition) is 5. The molecule has 2 N–H and O–H groups in total. The van der Waals surface area contributed by atoms with Gasteiger partial charge >= 0.3 is 0 Å². The quantitative estimate of drug-likeness (QED) is 0.840. The number of nitrogens with two attached hydrogens (primary N) is 1. The van der Waals surface area contributed by atoms with Gasteiger partial charge in [0, 0.05) is 20.6 Å². The first-order valence-electron chi connectivity index (χ1n) is 6.18. The first kappa shape index (κ1) is 13.1. The Bertz CT molecular complexity index is 534. The third kappa shape index (κ3) is 2.45. The molecule has 1 aromatic heterocycles. The molecule has 19 heavy (non-hydrogen) atoms. The lowest BCUT2D eigenvalue weighted by molar-refractivity contribution is -0.129. The van der Waals surface area contributed by atoms with Crippen LogP contribution in [0, 0.1) is 11.3 Å².